The summed E-state index contributed by atoms with van der Waals surface area (Å²) in [5, 5.41) is 4.13. The summed E-state index contributed by atoms with van der Waals surface area (Å²) < 4.78 is 6.69. The number of ether oxygens (including phenoxy) is 1. The Balaban J connectivity index is 2.07. The predicted octanol–water partition coefficient (Wildman–Crippen LogP) is 2.95. The maximum absolute atomic E-state index is 12.4. The summed E-state index contributed by atoms with van der Waals surface area (Å²) in [7, 11) is 0. The lowest BCUT2D eigenvalue weighted by molar-refractivity contribution is -0.116. The summed E-state index contributed by atoms with van der Waals surface area (Å²) in [6.45, 7) is 6.07. The minimum absolute atomic E-state index is 0.0220. The Labute approximate surface area is 151 Å². The second-order valence-electron chi connectivity index (χ2n) is 5.67. The van der Waals surface area contributed by atoms with Gasteiger partial charge in [-0.2, -0.15) is 5.10 Å². The minimum Gasteiger partial charge on any atom is -0.462 e. The molecule has 2 heterocycles. The Morgan fingerprint density at radius 3 is 2.50 bits per heavy atom. The van der Waals surface area contributed by atoms with E-state index in [-0.39, 0.29) is 12.5 Å². The van der Waals surface area contributed by atoms with Gasteiger partial charge in [0.15, 0.2) is 5.65 Å². The van der Waals surface area contributed by atoms with Crippen molar-refractivity contribution in [1.29, 1.82) is 0 Å². The molecule has 0 bridgehead atoms. The second kappa shape index (κ2) is 7.35. The fourth-order valence-electron chi connectivity index (χ4n) is 2.82. The quantitative estimate of drug-likeness (QED) is 0.660. The first-order chi connectivity index (χ1) is 12.5. The van der Waals surface area contributed by atoms with Gasteiger partial charge in [-0.1, -0.05) is 12.1 Å². The van der Waals surface area contributed by atoms with Crippen LogP contribution in [-0.2, 0) is 9.53 Å². The number of esters is 1. The maximum atomic E-state index is 12.4. The lowest BCUT2D eigenvalue weighted by atomic mass is 10.1. The molecule has 0 saturated heterocycles. The van der Waals surface area contributed by atoms with E-state index in [0.717, 1.165) is 11.3 Å². The largest absolute Gasteiger partial charge is 0.462 e. The van der Waals surface area contributed by atoms with Gasteiger partial charge in [0, 0.05) is 37.0 Å². The molecular weight excluding hydrogens is 332 g/mol. The normalized spacial score (nSPS) is 10.7. The topological polar surface area (TPSA) is 76.8 Å². The van der Waals surface area contributed by atoms with Gasteiger partial charge < -0.3 is 9.64 Å². The van der Waals surface area contributed by atoms with Crippen LogP contribution in [0.5, 0.6) is 0 Å². The third-order valence-electron chi connectivity index (χ3n) is 4.03. The fraction of sp³-hybridized carbons (Fsp3) is 0.263. The van der Waals surface area contributed by atoms with Gasteiger partial charge >= 0.3 is 5.97 Å². The first-order valence-corrected chi connectivity index (χ1v) is 8.45. The van der Waals surface area contributed by atoms with E-state index in [1.807, 2.05) is 31.2 Å². The first kappa shape index (κ1) is 17.6. The summed E-state index contributed by atoms with van der Waals surface area (Å²) >= 11 is 0. The summed E-state index contributed by atoms with van der Waals surface area (Å²) in [5.41, 5.74) is 3.06. The number of rotatable bonds is 5. The van der Waals surface area contributed by atoms with Crippen LogP contribution in [0.3, 0.4) is 0 Å². The van der Waals surface area contributed by atoms with E-state index in [0.29, 0.717) is 23.4 Å². The zero-order valence-electron chi connectivity index (χ0n) is 15.0. The van der Waals surface area contributed by atoms with Gasteiger partial charge in [0.05, 0.1) is 18.5 Å². The highest BCUT2D eigenvalue weighted by molar-refractivity contribution is 5.97. The number of benzene rings is 1. The van der Waals surface area contributed by atoms with Crippen molar-refractivity contribution >= 4 is 23.2 Å². The third kappa shape index (κ3) is 3.28. The molecule has 0 aliphatic heterocycles. The van der Waals surface area contributed by atoms with Gasteiger partial charge in [0.2, 0.25) is 5.91 Å². The summed E-state index contributed by atoms with van der Waals surface area (Å²) in [4.78, 5) is 30.3. The molecule has 7 nitrogen and oxygen atoms in total. The van der Waals surface area contributed by atoms with Gasteiger partial charge in [0.1, 0.15) is 5.56 Å². The zero-order valence-corrected chi connectivity index (χ0v) is 15.0. The highest BCUT2D eigenvalue weighted by Crippen LogP contribution is 2.26. The Morgan fingerprint density at radius 2 is 1.88 bits per heavy atom. The van der Waals surface area contributed by atoms with Crippen LogP contribution >= 0.6 is 0 Å². The van der Waals surface area contributed by atoms with Crippen molar-refractivity contribution in [1.82, 2.24) is 14.6 Å². The molecule has 0 aliphatic rings. The van der Waals surface area contributed by atoms with Crippen LogP contribution in [0.25, 0.3) is 16.9 Å². The van der Waals surface area contributed by atoms with Crippen LogP contribution in [0, 0.1) is 0 Å². The SMILES string of the molecule is CCOC(=O)c1cn2nccc2nc1-c1ccc(N(CC)C(C)=O)cc1. The number of anilines is 1. The van der Waals surface area contributed by atoms with Crippen molar-refractivity contribution in [2.75, 3.05) is 18.1 Å². The lowest BCUT2D eigenvalue weighted by Crippen LogP contribution is -2.27. The number of nitrogens with zero attached hydrogens (tertiary/aromatic N) is 4. The molecule has 2 aromatic heterocycles. The molecule has 0 fully saturated rings. The zero-order chi connectivity index (χ0) is 18.7. The first-order valence-electron chi connectivity index (χ1n) is 8.45. The molecular formula is C19H20N4O3. The van der Waals surface area contributed by atoms with E-state index in [2.05, 4.69) is 10.1 Å². The van der Waals surface area contributed by atoms with Crippen molar-refractivity contribution in [3.8, 4) is 11.3 Å². The number of aromatic nitrogens is 3. The fourth-order valence-corrected chi connectivity index (χ4v) is 2.82. The molecule has 0 aliphatic carbocycles. The van der Waals surface area contributed by atoms with E-state index in [9.17, 15) is 9.59 Å². The molecule has 7 heteroatoms. The van der Waals surface area contributed by atoms with E-state index in [1.165, 1.54) is 6.92 Å². The van der Waals surface area contributed by atoms with E-state index >= 15 is 0 Å². The Kier molecular flexibility index (Phi) is 4.97. The minimum atomic E-state index is -0.449. The van der Waals surface area contributed by atoms with Crippen LogP contribution in [-0.4, -0.2) is 39.6 Å². The number of amides is 1. The average Bonchev–Trinajstić information content (AvgIpc) is 3.09. The van der Waals surface area contributed by atoms with E-state index in [1.54, 1.807) is 34.8 Å². The Hall–Kier alpha value is -3.22. The summed E-state index contributed by atoms with van der Waals surface area (Å²) in [5.74, 6) is -0.471. The molecule has 26 heavy (non-hydrogen) atoms. The van der Waals surface area contributed by atoms with Crippen molar-refractivity contribution in [3.05, 3.63) is 48.3 Å². The van der Waals surface area contributed by atoms with Crippen molar-refractivity contribution in [2.24, 2.45) is 0 Å². The van der Waals surface area contributed by atoms with Crippen molar-refractivity contribution in [3.63, 3.8) is 0 Å². The van der Waals surface area contributed by atoms with Gasteiger partial charge in [0.25, 0.3) is 0 Å². The van der Waals surface area contributed by atoms with Crippen LogP contribution in [0.1, 0.15) is 31.1 Å². The molecule has 1 aromatic carbocycles. The molecule has 0 atom stereocenters. The molecule has 0 N–H and O–H groups in total. The molecule has 0 saturated carbocycles. The molecule has 0 radical (unpaired) electrons. The van der Waals surface area contributed by atoms with Gasteiger partial charge in [-0.3, -0.25) is 4.79 Å². The van der Waals surface area contributed by atoms with Crippen molar-refractivity contribution in [2.45, 2.75) is 20.8 Å². The lowest BCUT2D eigenvalue weighted by Gasteiger charge is -2.19. The van der Waals surface area contributed by atoms with Crippen molar-refractivity contribution < 1.29 is 14.3 Å². The number of hydrogen-bond acceptors (Lipinski definition) is 5. The highest BCUT2D eigenvalue weighted by atomic mass is 16.5. The van der Waals surface area contributed by atoms with Crippen LogP contribution in [0.2, 0.25) is 0 Å². The van der Waals surface area contributed by atoms with Crippen LogP contribution in [0.15, 0.2) is 42.7 Å². The smallest absolute Gasteiger partial charge is 0.341 e. The standard InChI is InChI=1S/C19H20N4O3/c1-4-22(13(3)24)15-8-6-14(7-9-15)18-16(19(25)26-5-2)12-23-17(21-18)10-11-20-23/h6-12H,4-5H2,1-3H3. The second-order valence-corrected chi connectivity index (χ2v) is 5.67. The summed E-state index contributed by atoms with van der Waals surface area (Å²) in [6.07, 6.45) is 3.24. The molecule has 134 valence electrons. The highest BCUT2D eigenvalue weighted by Gasteiger charge is 2.18. The molecule has 3 aromatic rings. The number of hydrogen-bond donors (Lipinski definition) is 0. The Morgan fingerprint density at radius 1 is 1.15 bits per heavy atom. The van der Waals surface area contributed by atoms with Crippen LogP contribution in [0.4, 0.5) is 5.69 Å². The van der Waals surface area contributed by atoms with E-state index < -0.39 is 5.97 Å². The number of fused-ring (bicyclic) bond motifs is 1. The molecule has 3 rings (SSSR count). The monoisotopic (exact) mass is 352 g/mol. The predicted molar refractivity (Wildman–Crippen MR) is 98.1 cm³/mol. The molecule has 1 amide bonds. The third-order valence-corrected chi connectivity index (χ3v) is 4.03. The molecule has 0 spiro atoms. The maximum Gasteiger partial charge on any atom is 0.341 e. The van der Waals surface area contributed by atoms with Gasteiger partial charge in [-0.15, -0.1) is 0 Å². The van der Waals surface area contributed by atoms with Gasteiger partial charge in [-0.25, -0.2) is 14.3 Å². The number of carbonyl (C=O) groups excluding carboxylic acids is 2. The van der Waals surface area contributed by atoms with Crippen LogP contribution < -0.4 is 4.90 Å². The molecule has 0 unspecified atom stereocenters. The van der Waals surface area contributed by atoms with Gasteiger partial charge in [-0.05, 0) is 26.0 Å². The Bertz CT molecular complexity index is 947. The summed E-state index contributed by atoms with van der Waals surface area (Å²) in [6, 6.07) is 9.15. The average molecular weight is 352 g/mol. The van der Waals surface area contributed by atoms with E-state index in [4.69, 9.17) is 4.74 Å². The number of carbonyl (C=O) groups is 2.